The van der Waals surface area contributed by atoms with Gasteiger partial charge in [0.1, 0.15) is 11.6 Å². The summed E-state index contributed by atoms with van der Waals surface area (Å²) in [6.45, 7) is 4.00. The molecule has 0 amide bonds. The molecule has 0 aliphatic heterocycles. The maximum Gasteiger partial charge on any atom is 0.141 e. The van der Waals surface area contributed by atoms with E-state index in [2.05, 4.69) is 15.8 Å². The molecule has 0 spiro atoms. The second-order valence-corrected chi connectivity index (χ2v) is 1.90. The summed E-state index contributed by atoms with van der Waals surface area (Å²) in [5.74, 6) is -0.0226. The van der Waals surface area contributed by atoms with Crippen molar-refractivity contribution >= 4 is 5.82 Å². The fourth-order valence-corrected chi connectivity index (χ4v) is 0.387. The van der Waals surface area contributed by atoms with Crippen molar-refractivity contribution in [2.24, 2.45) is 0 Å². The molecule has 0 saturated heterocycles. The Labute approximate surface area is 84.7 Å². The summed E-state index contributed by atoms with van der Waals surface area (Å²) in [5, 5.41) is 0. The molecular formula is C9H19FN4. The Morgan fingerprint density at radius 2 is 1.71 bits per heavy atom. The molecule has 0 fully saturated rings. The lowest BCUT2D eigenvalue weighted by Gasteiger charge is -1.86. The zero-order chi connectivity index (χ0) is 11.4. The van der Waals surface area contributed by atoms with Crippen LogP contribution in [0, 0.1) is 5.82 Å². The fourth-order valence-electron chi connectivity index (χ4n) is 0.387. The van der Waals surface area contributed by atoms with Gasteiger partial charge in [-0.15, -0.1) is 0 Å². The highest BCUT2D eigenvalue weighted by molar-refractivity contribution is 5.25. The van der Waals surface area contributed by atoms with Gasteiger partial charge in [0, 0.05) is 0 Å². The van der Waals surface area contributed by atoms with Gasteiger partial charge in [0.15, 0.2) is 0 Å². The Bertz CT molecular complexity index is 177. The van der Waals surface area contributed by atoms with Crippen molar-refractivity contribution < 1.29 is 4.39 Å². The molecule has 0 aliphatic carbocycles. The molecule has 0 unspecified atom stereocenters. The van der Waals surface area contributed by atoms with Crippen molar-refractivity contribution in [3.63, 3.8) is 0 Å². The van der Waals surface area contributed by atoms with E-state index < -0.39 is 0 Å². The van der Waals surface area contributed by atoms with Gasteiger partial charge >= 0.3 is 0 Å². The third-order valence-electron chi connectivity index (χ3n) is 1.00. The third-order valence-corrected chi connectivity index (χ3v) is 1.00. The molecule has 4 N–H and O–H groups in total. The third kappa shape index (κ3) is 10.8. The number of pyridine rings is 1. The normalized spacial score (nSPS) is 7.79. The van der Waals surface area contributed by atoms with Crippen LogP contribution in [0.5, 0.6) is 0 Å². The Kier molecular flexibility index (Phi) is 12.9. The minimum Gasteiger partial charge on any atom is -0.384 e. The number of aromatic nitrogens is 1. The molecular weight excluding hydrogens is 183 g/mol. The predicted molar refractivity (Wildman–Crippen MR) is 58.1 cm³/mol. The molecule has 0 aliphatic rings. The first-order valence-corrected chi connectivity index (χ1v) is 4.41. The average molecular weight is 202 g/mol. The summed E-state index contributed by atoms with van der Waals surface area (Å²) >= 11 is 0. The van der Waals surface area contributed by atoms with Gasteiger partial charge in [-0.25, -0.2) is 9.37 Å². The second kappa shape index (κ2) is 11.8. The largest absolute Gasteiger partial charge is 0.384 e. The van der Waals surface area contributed by atoms with E-state index in [1.54, 1.807) is 0 Å². The predicted octanol–water partition coefficient (Wildman–Crippen LogP) is 1.17. The molecule has 0 aromatic carbocycles. The lowest BCUT2D eigenvalue weighted by molar-refractivity contribution is 0.622. The lowest BCUT2D eigenvalue weighted by Crippen LogP contribution is -2.21. The minimum absolute atomic E-state index is 0.339. The number of anilines is 1. The summed E-state index contributed by atoms with van der Waals surface area (Å²) in [5.41, 5.74) is 10.5. The van der Waals surface area contributed by atoms with Crippen LogP contribution in [0.4, 0.5) is 10.2 Å². The van der Waals surface area contributed by atoms with Crippen LogP contribution < -0.4 is 16.6 Å². The number of rotatable bonds is 1. The zero-order valence-electron chi connectivity index (χ0n) is 9.13. The molecule has 14 heavy (non-hydrogen) atoms. The number of nitrogen functional groups attached to an aromatic ring is 1. The second-order valence-electron chi connectivity index (χ2n) is 1.90. The first-order valence-electron chi connectivity index (χ1n) is 4.41. The Morgan fingerprint density at radius 3 is 1.93 bits per heavy atom. The van der Waals surface area contributed by atoms with Crippen LogP contribution in [0.3, 0.4) is 0 Å². The lowest BCUT2D eigenvalue weighted by atomic mass is 10.5. The van der Waals surface area contributed by atoms with E-state index in [4.69, 9.17) is 5.73 Å². The number of halogens is 1. The summed E-state index contributed by atoms with van der Waals surface area (Å²) in [6, 6.07) is 2.68. The number of hydrogen-bond donors (Lipinski definition) is 3. The van der Waals surface area contributed by atoms with Crippen LogP contribution in [-0.4, -0.2) is 19.1 Å². The summed E-state index contributed by atoms with van der Waals surface area (Å²) in [4.78, 5) is 3.48. The van der Waals surface area contributed by atoms with E-state index in [-0.39, 0.29) is 5.82 Å². The van der Waals surface area contributed by atoms with Crippen molar-refractivity contribution in [2.45, 2.75) is 13.8 Å². The maximum absolute atomic E-state index is 12.0. The average Bonchev–Trinajstić information content (AvgIpc) is 2.26. The molecule has 0 saturated carbocycles. The van der Waals surface area contributed by atoms with E-state index in [0.29, 0.717) is 5.82 Å². The molecule has 0 atom stereocenters. The van der Waals surface area contributed by atoms with Crippen LogP contribution in [0.2, 0.25) is 0 Å². The van der Waals surface area contributed by atoms with Gasteiger partial charge in [0.25, 0.3) is 0 Å². The number of nitrogens with one attached hydrogen (secondary N) is 2. The highest BCUT2D eigenvalue weighted by Gasteiger charge is 1.85. The summed E-state index contributed by atoms with van der Waals surface area (Å²) in [6.07, 6.45) is 1.08. The van der Waals surface area contributed by atoms with Gasteiger partial charge < -0.3 is 5.73 Å². The maximum atomic E-state index is 12.0. The number of nitrogens with zero attached hydrogens (tertiary/aromatic N) is 1. The number of hydrazine groups is 1. The molecule has 1 aromatic rings. The zero-order valence-corrected chi connectivity index (χ0v) is 9.13. The molecule has 4 nitrogen and oxygen atoms in total. The van der Waals surface area contributed by atoms with Crippen molar-refractivity contribution in [1.29, 1.82) is 0 Å². The SMILES string of the molecule is CC.CNNC.Nc1ccc(F)cn1. The van der Waals surface area contributed by atoms with Crippen molar-refractivity contribution in [3.05, 3.63) is 24.1 Å². The van der Waals surface area contributed by atoms with E-state index >= 15 is 0 Å². The van der Waals surface area contributed by atoms with E-state index in [1.807, 2.05) is 27.9 Å². The van der Waals surface area contributed by atoms with Gasteiger partial charge in [-0.05, 0) is 26.2 Å². The van der Waals surface area contributed by atoms with E-state index in [1.165, 1.54) is 12.1 Å². The molecule has 0 bridgehead atoms. The van der Waals surface area contributed by atoms with E-state index in [0.717, 1.165) is 6.20 Å². The fraction of sp³-hybridized carbons (Fsp3) is 0.444. The van der Waals surface area contributed by atoms with Crippen molar-refractivity contribution in [1.82, 2.24) is 15.8 Å². The monoisotopic (exact) mass is 202 g/mol. The first-order chi connectivity index (χ1) is 6.70. The topological polar surface area (TPSA) is 63.0 Å². The first kappa shape index (κ1) is 15.3. The van der Waals surface area contributed by atoms with Crippen LogP contribution in [0.15, 0.2) is 18.3 Å². The van der Waals surface area contributed by atoms with Crippen LogP contribution in [0.25, 0.3) is 0 Å². The number of nitrogens with two attached hydrogens (primary N) is 1. The highest BCUT2D eigenvalue weighted by Crippen LogP contribution is 1.96. The Balaban J connectivity index is 0. The Hall–Kier alpha value is -1.20. The van der Waals surface area contributed by atoms with Gasteiger partial charge in [-0.2, -0.15) is 0 Å². The van der Waals surface area contributed by atoms with Crippen LogP contribution >= 0.6 is 0 Å². The molecule has 1 heterocycles. The van der Waals surface area contributed by atoms with Crippen LogP contribution in [-0.2, 0) is 0 Å². The Morgan fingerprint density at radius 1 is 1.21 bits per heavy atom. The van der Waals surface area contributed by atoms with Gasteiger partial charge in [0.05, 0.1) is 6.20 Å². The molecule has 1 aromatic heterocycles. The van der Waals surface area contributed by atoms with Crippen LogP contribution in [0.1, 0.15) is 13.8 Å². The standard InChI is InChI=1S/C5H5FN2.C2H8N2.C2H6/c6-4-1-2-5(7)8-3-4;1-3-4-2;1-2/h1-3H,(H2,7,8);3-4H,1-2H3;1-2H3. The van der Waals surface area contributed by atoms with Gasteiger partial charge in [-0.1, -0.05) is 13.8 Å². The molecule has 5 heteroatoms. The highest BCUT2D eigenvalue weighted by atomic mass is 19.1. The minimum atomic E-state index is -0.362. The number of hydrogen-bond acceptors (Lipinski definition) is 4. The molecule has 1 rings (SSSR count). The summed E-state index contributed by atoms with van der Waals surface area (Å²) < 4.78 is 12.0. The molecule has 82 valence electrons. The smallest absolute Gasteiger partial charge is 0.141 e. The summed E-state index contributed by atoms with van der Waals surface area (Å²) in [7, 11) is 3.64. The van der Waals surface area contributed by atoms with Crippen molar-refractivity contribution in [2.75, 3.05) is 19.8 Å². The van der Waals surface area contributed by atoms with Crippen molar-refractivity contribution in [3.8, 4) is 0 Å². The molecule has 0 radical (unpaired) electrons. The van der Waals surface area contributed by atoms with Gasteiger partial charge in [-0.3, -0.25) is 10.9 Å². The van der Waals surface area contributed by atoms with E-state index in [9.17, 15) is 4.39 Å². The quantitative estimate of drug-likeness (QED) is 0.598. The van der Waals surface area contributed by atoms with Gasteiger partial charge in [0.2, 0.25) is 0 Å².